The molecule has 10 heteroatoms. The maximum absolute atomic E-state index is 15.1. The predicted molar refractivity (Wildman–Crippen MR) is 130 cm³/mol. The van der Waals surface area contributed by atoms with E-state index in [2.05, 4.69) is 4.72 Å². The minimum atomic E-state index is -4.10. The number of hydrogen-bond donors (Lipinski definition) is 2. The molecule has 0 heterocycles. The fraction of sp³-hybridized carbons (Fsp3) is 0.167. The van der Waals surface area contributed by atoms with Crippen molar-refractivity contribution in [2.45, 2.75) is 4.90 Å². The Hall–Kier alpha value is -3.92. The minimum absolute atomic E-state index is 0.0662. The summed E-state index contributed by atoms with van der Waals surface area (Å²) in [6.45, 7) is 0. The molecule has 0 saturated heterocycles. The van der Waals surface area contributed by atoms with Gasteiger partial charge >= 0.3 is 0 Å². The van der Waals surface area contributed by atoms with Gasteiger partial charge in [0.05, 0.1) is 39.0 Å². The highest BCUT2D eigenvalue weighted by molar-refractivity contribution is 7.92. The molecular weight excluding hydrogens is 463 g/mol. The van der Waals surface area contributed by atoms with Gasteiger partial charge in [0, 0.05) is 11.3 Å². The Labute approximate surface area is 197 Å². The van der Waals surface area contributed by atoms with Crippen LogP contribution in [-0.2, 0) is 10.0 Å². The normalized spacial score (nSPS) is 11.3. The van der Waals surface area contributed by atoms with Gasteiger partial charge in [-0.25, -0.2) is 12.8 Å². The molecule has 0 fully saturated rings. The molecule has 0 aliphatic rings. The van der Waals surface area contributed by atoms with E-state index in [4.69, 9.17) is 24.7 Å². The maximum atomic E-state index is 15.1. The van der Waals surface area contributed by atoms with Crippen molar-refractivity contribution in [2.24, 2.45) is 0 Å². The number of halogens is 1. The number of benzene rings is 3. The summed E-state index contributed by atoms with van der Waals surface area (Å²) in [6, 6.07) is 11.9. The molecule has 3 aromatic carbocycles. The van der Waals surface area contributed by atoms with Crippen molar-refractivity contribution in [3.8, 4) is 23.0 Å². The SMILES string of the molecule is COc1ccc(/C=C\c2cc(OC)c(OC)c(OC)c2)c(NS(=O)(=O)c2ccc(N)cc2)c1F. The Morgan fingerprint density at radius 1 is 0.824 bits per heavy atom. The van der Waals surface area contributed by atoms with Gasteiger partial charge in [-0.15, -0.1) is 0 Å². The van der Waals surface area contributed by atoms with E-state index in [9.17, 15) is 8.42 Å². The van der Waals surface area contributed by atoms with Crippen LogP contribution in [0.3, 0.4) is 0 Å². The fourth-order valence-corrected chi connectivity index (χ4v) is 4.28. The molecule has 3 N–H and O–H groups in total. The van der Waals surface area contributed by atoms with E-state index in [1.165, 1.54) is 64.8 Å². The molecule has 0 bridgehead atoms. The summed E-state index contributed by atoms with van der Waals surface area (Å²) in [5.41, 5.74) is 6.70. The topological polar surface area (TPSA) is 109 Å². The zero-order chi connectivity index (χ0) is 24.9. The summed E-state index contributed by atoms with van der Waals surface area (Å²) in [4.78, 5) is -0.0662. The number of ether oxygens (including phenoxy) is 4. The smallest absolute Gasteiger partial charge is 0.262 e. The van der Waals surface area contributed by atoms with Gasteiger partial charge in [0.15, 0.2) is 23.1 Å². The second-order valence-electron chi connectivity index (χ2n) is 7.01. The van der Waals surface area contributed by atoms with Crippen LogP contribution in [0.25, 0.3) is 12.2 Å². The van der Waals surface area contributed by atoms with Crippen LogP contribution in [0.5, 0.6) is 23.0 Å². The Morgan fingerprint density at radius 3 is 1.94 bits per heavy atom. The van der Waals surface area contributed by atoms with Crippen molar-refractivity contribution >= 4 is 33.6 Å². The average Bonchev–Trinajstić information content (AvgIpc) is 2.83. The molecule has 0 aliphatic heterocycles. The van der Waals surface area contributed by atoms with Crippen molar-refractivity contribution in [1.29, 1.82) is 0 Å². The molecule has 0 radical (unpaired) electrons. The van der Waals surface area contributed by atoms with E-state index in [-0.39, 0.29) is 21.9 Å². The number of nitrogen functional groups attached to an aromatic ring is 1. The molecule has 0 aromatic heterocycles. The third-order valence-corrected chi connectivity index (χ3v) is 6.29. The molecule has 0 atom stereocenters. The van der Waals surface area contributed by atoms with E-state index in [0.717, 1.165) is 0 Å². The first-order valence-electron chi connectivity index (χ1n) is 9.97. The molecule has 0 unspecified atom stereocenters. The van der Waals surface area contributed by atoms with Crippen molar-refractivity contribution in [3.05, 3.63) is 65.5 Å². The maximum Gasteiger partial charge on any atom is 0.262 e. The number of hydrogen-bond acceptors (Lipinski definition) is 7. The Kier molecular flexibility index (Phi) is 7.52. The van der Waals surface area contributed by atoms with Gasteiger partial charge < -0.3 is 24.7 Å². The lowest BCUT2D eigenvalue weighted by Gasteiger charge is -2.15. The molecule has 34 heavy (non-hydrogen) atoms. The predicted octanol–water partition coefficient (Wildman–Crippen LogP) is 4.41. The molecular formula is C24H25FN2O6S. The Bertz CT molecular complexity index is 1280. The van der Waals surface area contributed by atoms with Gasteiger partial charge in [0.25, 0.3) is 10.0 Å². The highest BCUT2D eigenvalue weighted by atomic mass is 32.2. The van der Waals surface area contributed by atoms with Gasteiger partial charge in [-0.3, -0.25) is 4.72 Å². The number of nitrogens with two attached hydrogens (primary N) is 1. The third-order valence-electron chi connectivity index (χ3n) is 4.93. The van der Waals surface area contributed by atoms with Gasteiger partial charge in [-0.05, 0) is 54.1 Å². The fourth-order valence-electron chi connectivity index (χ4n) is 3.20. The van der Waals surface area contributed by atoms with Gasteiger partial charge in [0.1, 0.15) is 0 Å². The van der Waals surface area contributed by atoms with E-state index < -0.39 is 15.8 Å². The van der Waals surface area contributed by atoms with E-state index in [1.807, 2.05) is 0 Å². The third kappa shape index (κ3) is 5.18. The van der Waals surface area contributed by atoms with Crippen LogP contribution in [0, 0.1) is 5.82 Å². The number of sulfonamides is 1. The number of methoxy groups -OCH3 is 4. The average molecular weight is 489 g/mol. The molecule has 0 aliphatic carbocycles. The summed E-state index contributed by atoms with van der Waals surface area (Å²) >= 11 is 0. The second kappa shape index (κ2) is 10.3. The number of anilines is 2. The summed E-state index contributed by atoms with van der Waals surface area (Å²) < 4.78 is 64.3. The van der Waals surface area contributed by atoms with E-state index in [1.54, 1.807) is 24.3 Å². The molecule has 0 amide bonds. The van der Waals surface area contributed by atoms with Crippen LogP contribution in [0.1, 0.15) is 11.1 Å². The summed E-state index contributed by atoms with van der Waals surface area (Å²) in [7, 11) is 1.67. The monoisotopic (exact) mass is 488 g/mol. The second-order valence-corrected chi connectivity index (χ2v) is 8.69. The van der Waals surface area contributed by atoms with Crippen molar-refractivity contribution < 1.29 is 31.8 Å². The lowest BCUT2D eigenvalue weighted by molar-refractivity contribution is 0.324. The first kappa shape index (κ1) is 24.7. The van der Waals surface area contributed by atoms with Crippen LogP contribution in [0.2, 0.25) is 0 Å². The minimum Gasteiger partial charge on any atom is -0.494 e. The summed E-state index contributed by atoms with van der Waals surface area (Å²) in [5.74, 6) is 0.335. The molecule has 8 nitrogen and oxygen atoms in total. The van der Waals surface area contributed by atoms with Crippen LogP contribution in [-0.4, -0.2) is 36.9 Å². The quantitative estimate of drug-likeness (QED) is 0.339. The van der Waals surface area contributed by atoms with Gasteiger partial charge in [0.2, 0.25) is 5.75 Å². The van der Waals surface area contributed by atoms with Crippen LogP contribution >= 0.6 is 0 Å². The van der Waals surface area contributed by atoms with Crippen LogP contribution < -0.4 is 29.4 Å². The molecule has 180 valence electrons. The molecule has 0 spiro atoms. The lowest BCUT2D eigenvalue weighted by Crippen LogP contribution is -2.15. The molecule has 0 saturated carbocycles. The zero-order valence-electron chi connectivity index (χ0n) is 19.1. The van der Waals surface area contributed by atoms with E-state index >= 15 is 4.39 Å². The number of nitrogens with one attached hydrogen (secondary N) is 1. The zero-order valence-corrected chi connectivity index (χ0v) is 19.9. The van der Waals surface area contributed by atoms with Gasteiger partial charge in [-0.1, -0.05) is 12.2 Å². The lowest BCUT2D eigenvalue weighted by atomic mass is 10.1. The summed E-state index contributed by atoms with van der Waals surface area (Å²) in [5, 5.41) is 0. The Morgan fingerprint density at radius 2 is 1.41 bits per heavy atom. The Balaban J connectivity index is 2.05. The van der Waals surface area contributed by atoms with Crippen LogP contribution in [0.15, 0.2) is 53.4 Å². The number of rotatable bonds is 9. The summed E-state index contributed by atoms with van der Waals surface area (Å²) in [6.07, 6.45) is 3.22. The molecule has 3 rings (SSSR count). The first-order valence-corrected chi connectivity index (χ1v) is 11.4. The van der Waals surface area contributed by atoms with Crippen molar-refractivity contribution in [2.75, 3.05) is 38.9 Å². The van der Waals surface area contributed by atoms with Gasteiger partial charge in [-0.2, -0.15) is 0 Å². The van der Waals surface area contributed by atoms with Crippen molar-refractivity contribution in [1.82, 2.24) is 0 Å². The highest BCUT2D eigenvalue weighted by Crippen LogP contribution is 2.39. The largest absolute Gasteiger partial charge is 0.494 e. The van der Waals surface area contributed by atoms with E-state index in [0.29, 0.717) is 28.5 Å². The first-order chi connectivity index (χ1) is 16.2. The van der Waals surface area contributed by atoms with Crippen LogP contribution in [0.4, 0.5) is 15.8 Å². The van der Waals surface area contributed by atoms with Crippen molar-refractivity contribution in [3.63, 3.8) is 0 Å². The standard InChI is InChI=1S/C24H25FN2O6S/c1-30-19-12-7-16(6-5-15-13-20(31-2)24(33-4)21(14-15)32-3)23(22(19)25)27-34(28,29)18-10-8-17(26)9-11-18/h5-14,27H,26H2,1-4H3/b6-5-. The highest BCUT2D eigenvalue weighted by Gasteiger charge is 2.21. The molecule has 3 aromatic rings.